The molecule has 0 saturated carbocycles. The van der Waals surface area contributed by atoms with Gasteiger partial charge in [-0.25, -0.2) is 8.42 Å². The summed E-state index contributed by atoms with van der Waals surface area (Å²) in [6.45, 7) is 1.97. The zero-order chi connectivity index (χ0) is 24.4. The van der Waals surface area contributed by atoms with Crippen molar-refractivity contribution in [3.63, 3.8) is 0 Å². The van der Waals surface area contributed by atoms with Gasteiger partial charge < -0.3 is 9.80 Å². The summed E-state index contributed by atoms with van der Waals surface area (Å²) in [5, 5.41) is -0.588. The molecule has 0 N–H and O–H groups in total. The highest BCUT2D eigenvalue weighted by Crippen LogP contribution is 2.38. The van der Waals surface area contributed by atoms with E-state index in [1.165, 1.54) is 21.9 Å². The standard InChI is InChI=1S/C21H21ClF3N3O4S/c1-15-2-5-17(6-3-15)33(31,32)28(13-20(30)27-10-8-26(14-29)9-11-27)16-4-7-19(22)18(12-16)21(23,24)25/h2-7,12,14H,8-11,13H2,1H3. The second-order valence-corrected chi connectivity index (χ2v) is 9.78. The van der Waals surface area contributed by atoms with Gasteiger partial charge in [0.2, 0.25) is 12.3 Å². The van der Waals surface area contributed by atoms with Crippen molar-refractivity contribution in [3.05, 3.63) is 58.6 Å². The Kier molecular flexibility index (Phi) is 7.23. The number of piperazine rings is 1. The van der Waals surface area contributed by atoms with Crippen LogP contribution in [-0.2, 0) is 25.8 Å². The monoisotopic (exact) mass is 503 g/mol. The van der Waals surface area contributed by atoms with Gasteiger partial charge in [-0.2, -0.15) is 13.2 Å². The van der Waals surface area contributed by atoms with Crippen molar-refractivity contribution in [2.75, 3.05) is 37.0 Å². The van der Waals surface area contributed by atoms with Gasteiger partial charge in [-0.15, -0.1) is 0 Å². The Labute approximate surface area is 194 Å². The minimum absolute atomic E-state index is 0.171. The number of rotatable bonds is 6. The van der Waals surface area contributed by atoms with Gasteiger partial charge in [0.1, 0.15) is 6.54 Å². The zero-order valence-electron chi connectivity index (χ0n) is 17.5. The minimum atomic E-state index is -4.82. The normalized spacial score (nSPS) is 14.8. The Morgan fingerprint density at radius 2 is 1.70 bits per heavy atom. The summed E-state index contributed by atoms with van der Waals surface area (Å²) in [7, 11) is -4.39. The average Bonchev–Trinajstić information content (AvgIpc) is 2.77. The molecule has 12 heteroatoms. The number of hydrogen-bond acceptors (Lipinski definition) is 4. The first-order valence-electron chi connectivity index (χ1n) is 9.87. The summed E-state index contributed by atoms with van der Waals surface area (Å²) in [4.78, 5) is 26.5. The fraction of sp³-hybridized carbons (Fsp3) is 0.333. The van der Waals surface area contributed by atoms with Crippen LogP contribution in [0.5, 0.6) is 0 Å². The quantitative estimate of drug-likeness (QED) is 0.567. The van der Waals surface area contributed by atoms with E-state index in [0.29, 0.717) is 16.8 Å². The number of halogens is 4. The maximum atomic E-state index is 13.4. The number of amides is 2. The molecule has 0 unspecified atom stereocenters. The van der Waals surface area contributed by atoms with Gasteiger partial charge in [-0.1, -0.05) is 29.3 Å². The highest BCUT2D eigenvalue weighted by atomic mass is 35.5. The van der Waals surface area contributed by atoms with Gasteiger partial charge in [0.15, 0.2) is 0 Å². The molecule has 178 valence electrons. The summed E-state index contributed by atoms with van der Waals surface area (Å²) in [6, 6.07) is 8.44. The van der Waals surface area contributed by atoms with Gasteiger partial charge >= 0.3 is 6.18 Å². The first-order valence-corrected chi connectivity index (χ1v) is 11.7. The summed E-state index contributed by atoms with van der Waals surface area (Å²) in [5.41, 5.74) is -0.763. The molecule has 3 rings (SSSR count). The highest BCUT2D eigenvalue weighted by Gasteiger charge is 2.36. The molecule has 33 heavy (non-hydrogen) atoms. The molecule has 0 aromatic heterocycles. The van der Waals surface area contributed by atoms with Gasteiger partial charge in [0, 0.05) is 26.2 Å². The number of benzene rings is 2. The van der Waals surface area contributed by atoms with E-state index in [9.17, 15) is 31.2 Å². The van der Waals surface area contributed by atoms with E-state index >= 15 is 0 Å². The first kappa shape index (κ1) is 24.8. The SMILES string of the molecule is Cc1ccc(S(=O)(=O)N(CC(=O)N2CCN(C=O)CC2)c2ccc(Cl)c(C(F)(F)F)c2)cc1. The van der Waals surface area contributed by atoms with Gasteiger partial charge in [-0.3, -0.25) is 13.9 Å². The number of hydrogen-bond donors (Lipinski definition) is 0. The van der Waals surface area contributed by atoms with Gasteiger partial charge in [-0.05, 0) is 37.3 Å². The summed E-state index contributed by atoms with van der Waals surface area (Å²) in [6.07, 6.45) is -4.16. The number of carbonyl (C=O) groups is 2. The largest absolute Gasteiger partial charge is 0.417 e. The Balaban J connectivity index is 2.01. The molecule has 2 aromatic rings. The predicted octanol–water partition coefficient (Wildman–Crippen LogP) is 3.16. The second-order valence-electron chi connectivity index (χ2n) is 7.51. The van der Waals surface area contributed by atoms with E-state index in [1.807, 2.05) is 0 Å². The molecular weight excluding hydrogens is 483 g/mol. The van der Waals surface area contributed by atoms with E-state index < -0.39 is 39.2 Å². The number of sulfonamides is 1. The van der Waals surface area contributed by atoms with E-state index in [1.54, 1.807) is 19.1 Å². The molecule has 0 radical (unpaired) electrons. The predicted molar refractivity (Wildman–Crippen MR) is 116 cm³/mol. The molecule has 0 bridgehead atoms. The number of anilines is 1. The lowest BCUT2D eigenvalue weighted by molar-refractivity contribution is -0.137. The molecule has 1 heterocycles. The van der Waals surface area contributed by atoms with Crippen LogP contribution in [0.1, 0.15) is 11.1 Å². The van der Waals surface area contributed by atoms with Crippen LogP contribution in [0.3, 0.4) is 0 Å². The van der Waals surface area contributed by atoms with Crippen molar-refractivity contribution in [1.29, 1.82) is 0 Å². The molecule has 0 atom stereocenters. The van der Waals surface area contributed by atoms with Crippen molar-refractivity contribution < 1.29 is 31.2 Å². The highest BCUT2D eigenvalue weighted by molar-refractivity contribution is 7.92. The lowest BCUT2D eigenvalue weighted by Gasteiger charge is -2.34. The molecular formula is C21H21ClF3N3O4S. The molecule has 1 aliphatic rings. The van der Waals surface area contributed by atoms with Gasteiger partial charge in [0.05, 0.1) is 21.2 Å². The van der Waals surface area contributed by atoms with Crippen LogP contribution in [0.2, 0.25) is 5.02 Å². The Morgan fingerprint density at radius 1 is 1.09 bits per heavy atom. The van der Waals surface area contributed by atoms with E-state index in [2.05, 4.69) is 0 Å². The topological polar surface area (TPSA) is 78.0 Å². The number of alkyl halides is 3. The molecule has 2 amide bonds. The molecule has 0 spiro atoms. The van der Waals surface area contributed by atoms with Crippen molar-refractivity contribution in [2.24, 2.45) is 0 Å². The molecule has 1 saturated heterocycles. The maximum absolute atomic E-state index is 13.4. The Morgan fingerprint density at radius 3 is 2.24 bits per heavy atom. The van der Waals surface area contributed by atoms with Crippen LogP contribution >= 0.6 is 11.6 Å². The number of carbonyl (C=O) groups excluding carboxylic acids is 2. The number of aryl methyl sites for hydroxylation is 1. The van der Waals surface area contributed by atoms with Crippen LogP contribution in [0.25, 0.3) is 0 Å². The van der Waals surface area contributed by atoms with Crippen molar-refractivity contribution in [1.82, 2.24) is 9.80 Å². The fourth-order valence-electron chi connectivity index (χ4n) is 3.34. The summed E-state index contributed by atoms with van der Waals surface area (Å²) in [5.74, 6) is -0.597. The average molecular weight is 504 g/mol. The number of nitrogens with zero attached hydrogens (tertiary/aromatic N) is 3. The second kappa shape index (κ2) is 9.60. The molecule has 0 aliphatic carbocycles. The summed E-state index contributed by atoms with van der Waals surface area (Å²) < 4.78 is 67.7. The third kappa shape index (κ3) is 5.59. The van der Waals surface area contributed by atoms with Crippen LogP contribution < -0.4 is 4.31 Å². The lowest BCUT2D eigenvalue weighted by Crippen LogP contribution is -2.51. The summed E-state index contributed by atoms with van der Waals surface area (Å²) >= 11 is 5.69. The van der Waals surface area contributed by atoms with E-state index in [4.69, 9.17) is 11.6 Å². The van der Waals surface area contributed by atoms with E-state index in [0.717, 1.165) is 17.7 Å². The van der Waals surface area contributed by atoms with Crippen molar-refractivity contribution in [3.8, 4) is 0 Å². The van der Waals surface area contributed by atoms with Crippen molar-refractivity contribution in [2.45, 2.75) is 18.0 Å². The Bertz CT molecular complexity index is 1130. The Hall–Kier alpha value is -2.79. The van der Waals surface area contributed by atoms with Crippen molar-refractivity contribution >= 4 is 39.6 Å². The molecule has 1 fully saturated rings. The first-order chi connectivity index (χ1) is 15.4. The maximum Gasteiger partial charge on any atom is 0.417 e. The van der Waals surface area contributed by atoms with Gasteiger partial charge in [0.25, 0.3) is 10.0 Å². The smallest absolute Gasteiger partial charge is 0.342 e. The lowest BCUT2D eigenvalue weighted by atomic mass is 10.2. The molecule has 1 aliphatic heterocycles. The molecule has 2 aromatic carbocycles. The molecule has 7 nitrogen and oxygen atoms in total. The van der Waals surface area contributed by atoms with Crippen LogP contribution in [0.15, 0.2) is 47.4 Å². The van der Waals surface area contributed by atoms with Crippen LogP contribution in [0.4, 0.5) is 18.9 Å². The van der Waals surface area contributed by atoms with Crippen LogP contribution in [-0.4, -0.2) is 63.3 Å². The fourth-order valence-corrected chi connectivity index (χ4v) is 4.97. The van der Waals surface area contributed by atoms with E-state index in [-0.39, 0.29) is 36.8 Å². The third-order valence-electron chi connectivity index (χ3n) is 5.25. The third-order valence-corrected chi connectivity index (χ3v) is 7.36. The zero-order valence-corrected chi connectivity index (χ0v) is 19.1. The van der Waals surface area contributed by atoms with Crippen LogP contribution in [0, 0.1) is 6.92 Å². The minimum Gasteiger partial charge on any atom is -0.342 e.